The Morgan fingerprint density at radius 2 is 2.05 bits per heavy atom. The Hall–Kier alpha value is -1.62. The molecule has 0 bridgehead atoms. The fourth-order valence-electron chi connectivity index (χ4n) is 2.18. The van der Waals surface area contributed by atoms with Gasteiger partial charge in [-0.3, -0.25) is 9.48 Å². The maximum absolute atomic E-state index is 12.4. The van der Waals surface area contributed by atoms with Crippen LogP contribution in [0.4, 0.5) is 0 Å². The molecule has 0 aliphatic rings. The van der Waals surface area contributed by atoms with Gasteiger partial charge in [-0.25, -0.2) is 0 Å². The number of nitrogens with one attached hydrogen (secondary N) is 1. The van der Waals surface area contributed by atoms with Crippen LogP contribution in [0, 0.1) is 6.92 Å². The molecule has 2 rings (SSSR count). The van der Waals surface area contributed by atoms with E-state index in [1.54, 1.807) is 4.68 Å². The number of amides is 1. The van der Waals surface area contributed by atoms with Crippen molar-refractivity contribution in [1.82, 2.24) is 15.1 Å². The van der Waals surface area contributed by atoms with Crippen LogP contribution in [-0.4, -0.2) is 15.7 Å². The van der Waals surface area contributed by atoms with E-state index in [1.807, 2.05) is 50.4 Å². The van der Waals surface area contributed by atoms with Crippen LogP contribution >= 0.6 is 15.9 Å². The Bertz CT molecular complexity index is 590. The van der Waals surface area contributed by atoms with Crippen LogP contribution in [0.15, 0.2) is 41.0 Å². The first-order valence-corrected chi connectivity index (χ1v) is 7.88. The standard InChI is InChI=1S/C16H20BrN3O/c1-4-15(13-8-6-5-7-9-13)18-16(21)12(3)20-10-14(17)11(2)19-20/h5-10,12,15H,4H2,1-3H3,(H,18,21). The van der Waals surface area contributed by atoms with Crippen LogP contribution in [-0.2, 0) is 4.79 Å². The largest absolute Gasteiger partial charge is 0.347 e. The normalized spacial score (nSPS) is 13.7. The number of benzene rings is 1. The van der Waals surface area contributed by atoms with Crippen LogP contribution in [0.5, 0.6) is 0 Å². The van der Waals surface area contributed by atoms with Gasteiger partial charge in [-0.05, 0) is 41.8 Å². The predicted octanol–water partition coefficient (Wildman–Crippen LogP) is 3.78. The summed E-state index contributed by atoms with van der Waals surface area (Å²) in [7, 11) is 0. The lowest BCUT2D eigenvalue weighted by molar-refractivity contribution is -0.124. The van der Waals surface area contributed by atoms with Crippen molar-refractivity contribution in [1.29, 1.82) is 0 Å². The summed E-state index contributed by atoms with van der Waals surface area (Å²) in [4.78, 5) is 12.4. The molecule has 0 aliphatic carbocycles. The zero-order chi connectivity index (χ0) is 15.4. The van der Waals surface area contributed by atoms with E-state index in [-0.39, 0.29) is 18.0 Å². The molecule has 1 heterocycles. The minimum atomic E-state index is -0.340. The molecule has 0 spiro atoms. The first kappa shape index (κ1) is 15.8. The monoisotopic (exact) mass is 349 g/mol. The van der Waals surface area contributed by atoms with Crippen LogP contribution in [0.3, 0.4) is 0 Å². The van der Waals surface area contributed by atoms with E-state index in [2.05, 4.69) is 33.3 Å². The molecule has 0 saturated carbocycles. The van der Waals surface area contributed by atoms with Gasteiger partial charge in [-0.1, -0.05) is 37.3 Å². The first-order valence-electron chi connectivity index (χ1n) is 7.09. The minimum absolute atomic E-state index is 0.0271. The molecule has 21 heavy (non-hydrogen) atoms. The van der Waals surface area contributed by atoms with Gasteiger partial charge in [0, 0.05) is 6.20 Å². The van der Waals surface area contributed by atoms with Crippen molar-refractivity contribution >= 4 is 21.8 Å². The number of hydrogen-bond acceptors (Lipinski definition) is 2. The highest BCUT2D eigenvalue weighted by Crippen LogP contribution is 2.19. The Morgan fingerprint density at radius 3 is 2.57 bits per heavy atom. The van der Waals surface area contributed by atoms with E-state index < -0.39 is 0 Å². The molecule has 0 aliphatic heterocycles. The van der Waals surface area contributed by atoms with E-state index in [4.69, 9.17) is 0 Å². The Morgan fingerprint density at radius 1 is 1.38 bits per heavy atom. The highest BCUT2D eigenvalue weighted by Gasteiger charge is 2.20. The number of carbonyl (C=O) groups excluding carboxylic acids is 1. The van der Waals surface area contributed by atoms with E-state index in [0.717, 1.165) is 22.2 Å². The average Bonchev–Trinajstić information content (AvgIpc) is 2.84. The number of rotatable bonds is 5. The summed E-state index contributed by atoms with van der Waals surface area (Å²) in [5.74, 6) is -0.0271. The molecule has 5 heteroatoms. The second-order valence-electron chi connectivity index (χ2n) is 5.10. The quantitative estimate of drug-likeness (QED) is 0.892. The molecule has 1 amide bonds. The Balaban J connectivity index is 2.09. The topological polar surface area (TPSA) is 46.9 Å². The first-order chi connectivity index (χ1) is 10.0. The molecule has 4 nitrogen and oxygen atoms in total. The molecule has 2 unspecified atom stereocenters. The molecular formula is C16H20BrN3O. The smallest absolute Gasteiger partial charge is 0.245 e. The van der Waals surface area contributed by atoms with E-state index >= 15 is 0 Å². The highest BCUT2D eigenvalue weighted by atomic mass is 79.9. The summed E-state index contributed by atoms with van der Waals surface area (Å²) in [6.07, 6.45) is 2.69. The summed E-state index contributed by atoms with van der Waals surface area (Å²) in [6, 6.07) is 9.71. The van der Waals surface area contributed by atoms with Crippen molar-refractivity contribution < 1.29 is 4.79 Å². The summed E-state index contributed by atoms with van der Waals surface area (Å²) in [6.45, 7) is 5.83. The third kappa shape index (κ3) is 3.73. The molecule has 0 radical (unpaired) electrons. The number of halogens is 1. The predicted molar refractivity (Wildman–Crippen MR) is 87.0 cm³/mol. The lowest BCUT2D eigenvalue weighted by Gasteiger charge is -2.20. The summed E-state index contributed by atoms with van der Waals surface area (Å²) in [5.41, 5.74) is 2.00. The van der Waals surface area contributed by atoms with Gasteiger partial charge in [0.25, 0.3) is 0 Å². The number of aryl methyl sites for hydroxylation is 1. The summed E-state index contributed by atoms with van der Waals surface area (Å²) < 4.78 is 2.60. The molecule has 1 N–H and O–H groups in total. The van der Waals surface area contributed by atoms with Gasteiger partial charge in [0.05, 0.1) is 16.2 Å². The molecule has 2 aromatic rings. The fourth-order valence-corrected chi connectivity index (χ4v) is 2.47. The second kappa shape index (κ2) is 6.89. The van der Waals surface area contributed by atoms with Gasteiger partial charge >= 0.3 is 0 Å². The number of carbonyl (C=O) groups is 1. The number of aromatic nitrogens is 2. The van der Waals surface area contributed by atoms with E-state index in [9.17, 15) is 4.79 Å². The minimum Gasteiger partial charge on any atom is -0.347 e. The maximum Gasteiger partial charge on any atom is 0.245 e. The fraction of sp³-hybridized carbons (Fsp3) is 0.375. The molecule has 0 fully saturated rings. The molecular weight excluding hydrogens is 330 g/mol. The van der Waals surface area contributed by atoms with Gasteiger partial charge < -0.3 is 5.32 Å². The molecule has 1 aromatic heterocycles. The lowest BCUT2D eigenvalue weighted by atomic mass is 10.0. The van der Waals surface area contributed by atoms with Crippen LogP contribution in [0.25, 0.3) is 0 Å². The Kier molecular flexibility index (Phi) is 5.17. The van der Waals surface area contributed by atoms with Crippen molar-refractivity contribution in [2.45, 2.75) is 39.3 Å². The van der Waals surface area contributed by atoms with Gasteiger partial charge in [0.15, 0.2) is 0 Å². The Labute approximate surface area is 133 Å². The van der Waals surface area contributed by atoms with Crippen LogP contribution in [0.1, 0.15) is 43.6 Å². The molecule has 112 valence electrons. The molecule has 0 saturated heterocycles. The van der Waals surface area contributed by atoms with E-state index in [0.29, 0.717) is 0 Å². The van der Waals surface area contributed by atoms with Crippen molar-refractivity contribution in [3.05, 3.63) is 52.3 Å². The van der Waals surface area contributed by atoms with Crippen LogP contribution in [0.2, 0.25) is 0 Å². The highest BCUT2D eigenvalue weighted by molar-refractivity contribution is 9.10. The van der Waals surface area contributed by atoms with Gasteiger partial charge in [-0.15, -0.1) is 0 Å². The second-order valence-corrected chi connectivity index (χ2v) is 5.95. The SMILES string of the molecule is CCC(NC(=O)C(C)n1cc(Br)c(C)n1)c1ccccc1. The van der Waals surface area contributed by atoms with Crippen molar-refractivity contribution in [2.75, 3.05) is 0 Å². The molecule has 2 atom stereocenters. The van der Waals surface area contributed by atoms with Crippen LogP contribution < -0.4 is 5.32 Å². The van der Waals surface area contributed by atoms with Crippen molar-refractivity contribution in [3.63, 3.8) is 0 Å². The van der Waals surface area contributed by atoms with E-state index in [1.165, 1.54) is 0 Å². The maximum atomic E-state index is 12.4. The van der Waals surface area contributed by atoms with Gasteiger partial charge in [-0.2, -0.15) is 5.10 Å². The third-order valence-electron chi connectivity index (χ3n) is 3.56. The zero-order valence-electron chi connectivity index (χ0n) is 12.5. The van der Waals surface area contributed by atoms with Crippen molar-refractivity contribution in [2.24, 2.45) is 0 Å². The summed E-state index contributed by atoms with van der Waals surface area (Å²) >= 11 is 3.42. The lowest BCUT2D eigenvalue weighted by Crippen LogP contribution is -2.34. The third-order valence-corrected chi connectivity index (χ3v) is 4.34. The number of nitrogens with zero attached hydrogens (tertiary/aromatic N) is 2. The average molecular weight is 350 g/mol. The van der Waals surface area contributed by atoms with Crippen molar-refractivity contribution in [3.8, 4) is 0 Å². The van der Waals surface area contributed by atoms with Gasteiger partial charge in [0.1, 0.15) is 6.04 Å². The summed E-state index contributed by atoms with van der Waals surface area (Å²) in [5, 5.41) is 7.44. The van der Waals surface area contributed by atoms with Gasteiger partial charge in [0.2, 0.25) is 5.91 Å². The number of hydrogen-bond donors (Lipinski definition) is 1. The molecule has 1 aromatic carbocycles. The zero-order valence-corrected chi connectivity index (χ0v) is 14.1.